The van der Waals surface area contributed by atoms with E-state index in [4.69, 9.17) is 0 Å². The Bertz CT molecular complexity index is 758. The van der Waals surface area contributed by atoms with Crippen molar-refractivity contribution in [1.82, 2.24) is 4.90 Å². The molecule has 1 aliphatic rings. The third kappa shape index (κ3) is 4.82. The summed E-state index contributed by atoms with van der Waals surface area (Å²) in [6.45, 7) is 1.62. The highest BCUT2D eigenvalue weighted by Gasteiger charge is 2.16. The first kappa shape index (κ1) is 17.5. The van der Waals surface area contributed by atoms with E-state index in [1.54, 1.807) is 18.2 Å². The summed E-state index contributed by atoms with van der Waals surface area (Å²) in [6.07, 6.45) is 0.364. The number of rotatable bonds is 4. The second kappa shape index (κ2) is 8.16. The largest absolute Gasteiger partial charge is 0.341 e. The Kier molecular flexibility index (Phi) is 5.71. The number of hydrogen-bond acceptors (Lipinski definition) is 3. The molecule has 3 rings (SSSR count). The van der Waals surface area contributed by atoms with Gasteiger partial charge in [-0.2, -0.15) is 11.8 Å². The Hall–Kier alpha value is -2.34. The van der Waals surface area contributed by atoms with Crippen molar-refractivity contribution in [3.8, 4) is 0 Å². The van der Waals surface area contributed by atoms with Gasteiger partial charge in [0.05, 0.1) is 6.42 Å². The molecule has 130 valence electrons. The van der Waals surface area contributed by atoms with Crippen LogP contribution in [0, 0.1) is 5.82 Å². The van der Waals surface area contributed by atoms with E-state index in [0.717, 1.165) is 30.2 Å². The number of amides is 2. The lowest BCUT2D eigenvalue weighted by molar-refractivity contribution is -0.130. The monoisotopic (exact) mass is 358 g/mol. The van der Waals surface area contributed by atoms with Crippen molar-refractivity contribution in [1.29, 1.82) is 0 Å². The van der Waals surface area contributed by atoms with Crippen molar-refractivity contribution in [2.24, 2.45) is 0 Å². The highest BCUT2D eigenvalue weighted by atomic mass is 32.2. The number of thioether (sulfide) groups is 1. The van der Waals surface area contributed by atoms with Gasteiger partial charge in [0.15, 0.2) is 0 Å². The van der Waals surface area contributed by atoms with E-state index in [-0.39, 0.29) is 17.4 Å². The van der Waals surface area contributed by atoms with Crippen LogP contribution in [0.15, 0.2) is 48.5 Å². The maximum absolute atomic E-state index is 13.2. The lowest BCUT2D eigenvalue weighted by Crippen LogP contribution is -2.38. The van der Waals surface area contributed by atoms with Crippen molar-refractivity contribution >= 4 is 29.3 Å². The van der Waals surface area contributed by atoms with Crippen LogP contribution in [0.4, 0.5) is 10.1 Å². The Labute approximate surface area is 150 Å². The van der Waals surface area contributed by atoms with Crippen LogP contribution in [0.3, 0.4) is 0 Å². The number of benzene rings is 2. The van der Waals surface area contributed by atoms with Gasteiger partial charge in [0.2, 0.25) is 5.91 Å². The average Bonchev–Trinajstić information content (AvgIpc) is 2.64. The van der Waals surface area contributed by atoms with E-state index in [1.807, 2.05) is 28.8 Å². The fraction of sp³-hybridized carbons (Fsp3) is 0.263. The molecular weight excluding hydrogens is 339 g/mol. The van der Waals surface area contributed by atoms with Crippen LogP contribution in [0.25, 0.3) is 0 Å². The molecule has 2 amide bonds. The lowest BCUT2D eigenvalue weighted by atomic mass is 10.1. The molecule has 0 radical (unpaired) electrons. The van der Waals surface area contributed by atoms with Crippen molar-refractivity contribution in [3.63, 3.8) is 0 Å². The van der Waals surface area contributed by atoms with Crippen molar-refractivity contribution in [2.45, 2.75) is 6.42 Å². The predicted octanol–water partition coefficient (Wildman–Crippen LogP) is 3.20. The van der Waals surface area contributed by atoms with Gasteiger partial charge in [0.25, 0.3) is 5.91 Å². The van der Waals surface area contributed by atoms with Gasteiger partial charge in [-0.3, -0.25) is 9.59 Å². The molecular formula is C19H19FN2O2S. The molecule has 2 aromatic rings. The number of carbonyl (C=O) groups is 2. The van der Waals surface area contributed by atoms with Crippen LogP contribution < -0.4 is 5.32 Å². The molecule has 0 unspecified atom stereocenters. The zero-order valence-electron chi connectivity index (χ0n) is 13.7. The molecule has 0 aliphatic carbocycles. The molecule has 1 aliphatic heterocycles. The standard InChI is InChI=1S/C19H19FN2O2S/c20-16-3-1-2-15(13-16)19(24)21-17-6-4-14(5-7-17)12-18(23)22-8-10-25-11-9-22/h1-7,13H,8-12H2,(H,21,24). The van der Waals surface area contributed by atoms with E-state index in [1.165, 1.54) is 18.2 Å². The summed E-state index contributed by atoms with van der Waals surface area (Å²) in [5, 5.41) is 2.73. The highest BCUT2D eigenvalue weighted by Crippen LogP contribution is 2.15. The molecule has 1 saturated heterocycles. The van der Waals surface area contributed by atoms with Gasteiger partial charge in [0, 0.05) is 35.8 Å². The van der Waals surface area contributed by atoms with Crippen LogP contribution in [-0.4, -0.2) is 41.3 Å². The molecule has 0 saturated carbocycles. The first-order valence-corrected chi connectivity index (χ1v) is 9.29. The van der Waals surface area contributed by atoms with Crippen molar-refractivity contribution < 1.29 is 14.0 Å². The minimum absolute atomic E-state index is 0.136. The van der Waals surface area contributed by atoms with E-state index in [2.05, 4.69) is 5.32 Å². The molecule has 2 aromatic carbocycles. The summed E-state index contributed by atoms with van der Waals surface area (Å²) in [4.78, 5) is 26.3. The Morgan fingerprint density at radius 3 is 2.48 bits per heavy atom. The zero-order valence-corrected chi connectivity index (χ0v) is 14.5. The Morgan fingerprint density at radius 2 is 1.80 bits per heavy atom. The smallest absolute Gasteiger partial charge is 0.255 e. The number of anilines is 1. The number of nitrogens with one attached hydrogen (secondary N) is 1. The van der Waals surface area contributed by atoms with Gasteiger partial charge >= 0.3 is 0 Å². The minimum Gasteiger partial charge on any atom is -0.341 e. The summed E-state index contributed by atoms with van der Waals surface area (Å²) in [6, 6.07) is 12.7. The second-order valence-corrected chi connectivity index (χ2v) is 7.06. The third-order valence-corrected chi connectivity index (χ3v) is 4.96. The maximum Gasteiger partial charge on any atom is 0.255 e. The predicted molar refractivity (Wildman–Crippen MR) is 98.4 cm³/mol. The Balaban J connectivity index is 1.58. The first-order chi connectivity index (χ1) is 12.1. The van der Waals surface area contributed by atoms with Gasteiger partial charge < -0.3 is 10.2 Å². The summed E-state index contributed by atoms with van der Waals surface area (Å²) >= 11 is 1.87. The third-order valence-electron chi connectivity index (χ3n) is 4.02. The fourth-order valence-corrected chi connectivity index (χ4v) is 3.54. The zero-order chi connectivity index (χ0) is 17.6. The van der Waals surface area contributed by atoms with Crippen molar-refractivity contribution in [3.05, 3.63) is 65.5 Å². The molecule has 6 heteroatoms. The molecule has 25 heavy (non-hydrogen) atoms. The van der Waals surface area contributed by atoms with Crippen LogP contribution in [0.2, 0.25) is 0 Å². The van der Waals surface area contributed by atoms with Crippen LogP contribution in [-0.2, 0) is 11.2 Å². The van der Waals surface area contributed by atoms with E-state index < -0.39 is 5.82 Å². The second-order valence-electron chi connectivity index (χ2n) is 5.83. The maximum atomic E-state index is 13.2. The first-order valence-electron chi connectivity index (χ1n) is 8.13. The quantitative estimate of drug-likeness (QED) is 0.913. The minimum atomic E-state index is -0.447. The SMILES string of the molecule is O=C(Nc1ccc(CC(=O)N2CCSCC2)cc1)c1cccc(F)c1. The number of nitrogens with zero attached hydrogens (tertiary/aromatic N) is 1. The van der Waals surface area contributed by atoms with Crippen LogP contribution in [0.5, 0.6) is 0 Å². The highest BCUT2D eigenvalue weighted by molar-refractivity contribution is 7.99. The van der Waals surface area contributed by atoms with Crippen LogP contribution >= 0.6 is 11.8 Å². The molecule has 0 atom stereocenters. The number of hydrogen-bond donors (Lipinski definition) is 1. The Morgan fingerprint density at radius 1 is 1.08 bits per heavy atom. The van der Waals surface area contributed by atoms with Crippen molar-refractivity contribution in [2.75, 3.05) is 29.9 Å². The summed E-state index contributed by atoms with van der Waals surface area (Å²) in [5.41, 5.74) is 1.79. The molecule has 0 bridgehead atoms. The van der Waals surface area contributed by atoms with Gasteiger partial charge in [0.1, 0.15) is 5.82 Å². The summed E-state index contributed by atoms with van der Waals surface area (Å²) < 4.78 is 13.2. The van der Waals surface area contributed by atoms with E-state index in [0.29, 0.717) is 12.1 Å². The molecule has 4 nitrogen and oxygen atoms in total. The number of carbonyl (C=O) groups excluding carboxylic acids is 2. The molecule has 1 N–H and O–H groups in total. The summed E-state index contributed by atoms with van der Waals surface area (Å²) in [5.74, 6) is 1.32. The van der Waals surface area contributed by atoms with Gasteiger partial charge in [-0.25, -0.2) is 4.39 Å². The molecule has 1 heterocycles. The topological polar surface area (TPSA) is 49.4 Å². The van der Waals surface area contributed by atoms with Gasteiger partial charge in [-0.05, 0) is 35.9 Å². The normalized spacial score (nSPS) is 14.2. The molecule has 0 spiro atoms. The van der Waals surface area contributed by atoms with E-state index >= 15 is 0 Å². The van der Waals surface area contributed by atoms with Gasteiger partial charge in [-0.1, -0.05) is 18.2 Å². The van der Waals surface area contributed by atoms with Crippen LogP contribution in [0.1, 0.15) is 15.9 Å². The molecule has 0 aromatic heterocycles. The van der Waals surface area contributed by atoms with Gasteiger partial charge in [-0.15, -0.1) is 0 Å². The molecule has 1 fully saturated rings. The van der Waals surface area contributed by atoms with E-state index in [9.17, 15) is 14.0 Å². The summed E-state index contributed by atoms with van der Waals surface area (Å²) in [7, 11) is 0. The number of halogens is 1. The lowest BCUT2D eigenvalue weighted by Gasteiger charge is -2.26. The average molecular weight is 358 g/mol. The fourth-order valence-electron chi connectivity index (χ4n) is 2.64.